The molecule has 1 rings (SSSR count). The summed E-state index contributed by atoms with van der Waals surface area (Å²) >= 11 is 2.14. The second-order valence-electron chi connectivity index (χ2n) is 3.55. The minimum absolute atomic E-state index is 0.650. The lowest BCUT2D eigenvalue weighted by Crippen LogP contribution is -2.31. The molecule has 0 aromatic carbocycles. The summed E-state index contributed by atoms with van der Waals surface area (Å²) in [5.74, 6) is 1.38. The van der Waals surface area contributed by atoms with Crippen molar-refractivity contribution < 1.29 is 0 Å². The van der Waals surface area contributed by atoms with E-state index in [2.05, 4.69) is 30.9 Å². The van der Waals surface area contributed by atoms with Gasteiger partial charge in [0.2, 0.25) is 0 Å². The summed E-state index contributed by atoms with van der Waals surface area (Å²) in [4.78, 5) is 0. The lowest BCUT2D eigenvalue weighted by Gasteiger charge is -2.22. The fourth-order valence-electron chi connectivity index (χ4n) is 1.34. The van der Waals surface area contributed by atoms with Crippen molar-refractivity contribution in [3.8, 4) is 0 Å². The Bertz CT molecular complexity index is 97.7. The first kappa shape index (κ1) is 9.40. The summed E-state index contributed by atoms with van der Waals surface area (Å²) in [6.07, 6.45) is 4.30. The molecule has 0 amide bonds. The molecule has 0 saturated carbocycles. The largest absolute Gasteiger partial charge is 0.313 e. The second kappa shape index (κ2) is 5.04. The maximum absolute atomic E-state index is 3.49. The fourth-order valence-corrected chi connectivity index (χ4v) is 2.59. The molecular weight excluding hydrogens is 154 g/mol. The molecule has 1 aliphatic rings. The van der Waals surface area contributed by atoms with Gasteiger partial charge in [-0.05, 0) is 18.6 Å². The molecule has 1 unspecified atom stereocenters. The van der Waals surface area contributed by atoms with Crippen molar-refractivity contribution in [3.63, 3.8) is 0 Å². The monoisotopic (exact) mass is 173 g/mol. The zero-order valence-corrected chi connectivity index (χ0v) is 8.41. The molecule has 11 heavy (non-hydrogen) atoms. The molecule has 1 atom stereocenters. The highest BCUT2D eigenvalue weighted by molar-refractivity contribution is 7.99. The molecule has 0 aromatic rings. The first-order chi connectivity index (χ1) is 5.29. The van der Waals surface area contributed by atoms with Crippen molar-refractivity contribution in [3.05, 3.63) is 0 Å². The van der Waals surface area contributed by atoms with Gasteiger partial charge in [-0.1, -0.05) is 20.3 Å². The zero-order chi connectivity index (χ0) is 8.10. The minimum Gasteiger partial charge on any atom is -0.313 e. The van der Waals surface area contributed by atoms with Gasteiger partial charge >= 0.3 is 0 Å². The molecule has 1 heterocycles. The van der Waals surface area contributed by atoms with Crippen LogP contribution in [-0.2, 0) is 0 Å². The van der Waals surface area contributed by atoms with E-state index in [4.69, 9.17) is 0 Å². The molecule has 66 valence electrons. The van der Waals surface area contributed by atoms with Gasteiger partial charge in [0, 0.05) is 17.8 Å². The Kier molecular flexibility index (Phi) is 4.31. The molecule has 0 bridgehead atoms. The van der Waals surface area contributed by atoms with Crippen molar-refractivity contribution in [2.75, 3.05) is 12.3 Å². The van der Waals surface area contributed by atoms with Crippen molar-refractivity contribution in [2.24, 2.45) is 0 Å². The highest BCUT2D eigenvalue weighted by atomic mass is 32.2. The van der Waals surface area contributed by atoms with E-state index in [9.17, 15) is 0 Å². The van der Waals surface area contributed by atoms with Gasteiger partial charge in [0.1, 0.15) is 0 Å². The summed E-state index contributed by atoms with van der Waals surface area (Å²) in [5.41, 5.74) is 0. The Balaban J connectivity index is 2.05. The van der Waals surface area contributed by atoms with Crippen molar-refractivity contribution in [2.45, 2.75) is 44.4 Å². The van der Waals surface area contributed by atoms with Gasteiger partial charge in [-0.2, -0.15) is 11.8 Å². The van der Waals surface area contributed by atoms with E-state index < -0.39 is 0 Å². The van der Waals surface area contributed by atoms with Crippen molar-refractivity contribution >= 4 is 11.8 Å². The number of hydrogen-bond acceptors (Lipinski definition) is 2. The minimum atomic E-state index is 0.650. The Morgan fingerprint density at radius 2 is 2.27 bits per heavy atom. The molecule has 1 nitrogen and oxygen atoms in total. The molecular formula is C9H19NS. The number of rotatable bonds is 3. The lowest BCUT2D eigenvalue weighted by molar-refractivity contribution is 0.548. The predicted molar refractivity (Wildman–Crippen MR) is 53.2 cm³/mol. The van der Waals surface area contributed by atoms with E-state index in [-0.39, 0.29) is 0 Å². The number of hydrogen-bond donors (Lipinski definition) is 1. The Hall–Kier alpha value is 0.310. The first-order valence-electron chi connectivity index (χ1n) is 4.64. The summed E-state index contributed by atoms with van der Waals surface area (Å²) in [5, 5.41) is 4.39. The third kappa shape index (κ3) is 4.02. The maximum Gasteiger partial charge on any atom is 0.0172 e. The number of thioether (sulfide) groups is 1. The highest BCUT2D eigenvalue weighted by Crippen LogP contribution is 2.24. The molecule has 0 aliphatic carbocycles. The Labute approximate surface area is 74.3 Å². The second-order valence-corrected chi connectivity index (χ2v) is 4.96. The third-order valence-corrected chi connectivity index (χ3v) is 3.43. The van der Waals surface area contributed by atoms with Crippen LogP contribution in [0.4, 0.5) is 0 Å². The number of nitrogens with one attached hydrogen (secondary N) is 1. The molecule has 1 aliphatic heterocycles. The molecule has 1 saturated heterocycles. The van der Waals surface area contributed by atoms with Crippen molar-refractivity contribution in [1.29, 1.82) is 0 Å². The molecule has 1 fully saturated rings. The summed E-state index contributed by atoms with van der Waals surface area (Å²) < 4.78 is 0. The lowest BCUT2D eigenvalue weighted by atomic mass is 10.2. The average Bonchev–Trinajstić information content (AvgIpc) is 2.03. The van der Waals surface area contributed by atoms with E-state index in [1.54, 1.807) is 0 Å². The molecule has 1 N–H and O–H groups in total. The van der Waals surface area contributed by atoms with Crippen LogP contribution in [0.15, 0.2) is 0 Å². The van der Waals surface area contributed by atoms with Gasteiger partial charge in [-0.15, -0.1) is 0 Å². The van der Waals surface area contributed by atoms with E-state index in [0.29, 0.717) is 6.04 Å². The SMILES string of the molecule is CC(C)NCC1CCCCS1. The molecule has 2 heteroatoms. The Morgan fingerprint density at radius 3 is 2.82 bits per heavy atom. The van der Waals surface area contributed by atoms with Crippen LogP contribution in [-0.4, -0.2) is 23.6 Å². The van der Waals surface area contributed by atoms with Crippen LogP contribution in [0.2, 0.25) is 0 Å². The van der Waals surface area contributed by atoms with Crippen LogP contribution >= 0.6 is 11.8 Å². The predicted octanol–water partition coefficient (Wildman–Crippen LogP) is 2.27. The fraction of sp³-hybridized carbons (Fsp3) is 1.00. The molecule has 0 spiro atoms. The van der Waals surface area contributed by atoms with Gasteiger partial charge in [0.15, 0.2) is 0 Å². The average molecular weight is 173 g/mol. The van der Waals surface area contributed by atoms with Crippen molar-refractivity contribution in [1.82, 2.24) is 5.32 Å². The summed E-state index contributed by atoms with van der Waals surface area (Å²) in [7, 11) is 0. The van der Waals surface area contributed by atoms with Gasteiger partial charge in [0.05, 0.1) is 0 Å². The maximum atomic E-state index is 3.49. The zero-order valence-electron chi connectivity index (χ0n) is 7.60. The van der Waals surface area contributed by atoms with Gasteiger partial charge in [-0.25, -0.2) is 0 Å². The van der Waals surface area contributed by atoms with E-state index in [0.717, 1.165) is 5.25 Å². The topological polar surface area (TPSA) is 12.0 Å². The highest BCUT2D eigenvalue weighted by Gasteiger charge is 2.13. The van der Waals surface area contributed by atoms with Crippen LogP contribution in [0.3, 0.4) is 0 Å². The Morgan fingerprint density at radius 1 is 1.45 bits per heavy atom. The van der Waals surface area contributed by atoms with Crippen LogP contribution in [0.25, 0.3) is 0 Å². The standard InChI is InChI=1S/C9H19NS/c1-8(2)10-7-9-5-3-4-6-11-9/h8-10H,3-7H2,1-2H3. The van der Waals surface area contributed by atoms with Crippen LogP contribution < -0.4 is 5.32 Å². The van der Waals surface area contributed by atoms with Gasteiger partial charge in [-0.3, -0.25) is 0 Å². The summed E-state index contributed by atoms with van der Waals surface area (Å²) in [6.45, 7) is 5.64. The van der Waals surface area contributed by atoms with E-state index >= 15 is 0 Å². The normalized spacial score (nSPS) is 25.9. The summed E-state index contributed by atoms with van der Waals surface area (Å²) in [6, 6.07) is 0.650. The molecule has 0 radical (unpaired) electrons. The molecule has 0 aromatic heterocycles. The van der Waals surface area contributed by atoms with Gasteiger partial charge < -0.3 is 5.32 Å². The quantitative estimate of drug-likeness (QED) is 0.702. The van der Waals surface area contributed by atoms with Crippen LogP contribution in [0, 0.1) is 0 Å². The van der Waals surface area contributed by atoms with Gasteiger partial charge in [0.25, 0.3) is 0 Å². The first-order valence-corrected chi connectivity index (χ1v) is 5.69. The van der Waals surface area contributed by atoms with Crippen LogP contribution in [0.5, 0.6) is 0 Å². The van der Waals surface area contributed by atoms with Crippen LogP contribution in [0.1, 0.15) is 33.1 Å². The third-order valence-electron chi connectivity index (χ3n) is 2.03. The van der Waals surface area contributed by atoms with E-state index in [1.165, 1.54) is 31.6 Å². The smallest absolute Gasteiger partial charge is 0.0172 e. The van der Waals surface area contributed by atoms with E-state index in [1.807, 2.05) is 0 Å².